The van der Waals surface area contributed by atoms with E-state index >= 15 is 0 Å². The molecule has 0 aliphatic carbocycles. The second-order valence-corrected chi connectivity index (χ2v) is 6.84. The van der Waals surface area contributed by atoms with Crippen LogP contribution in [0.2, 0.25) is 0 Å². The zero-order valence-electron chi connectivity index (χ0n) is 16.3. The lowest BCUT2D eigenvalue weighted by Crippen LogP contribution is -2.42. The van der Waals surface area contributed by atoms with Crippen molar-refractivity contribution in [2.24, 2.45) is 5.92 Å². The van der Waals surface area contributed by atoms with E-state index in [-0.39, 0.29) is 12.7 Å². The Morgan fingerprint density at radius 2 is 1.93 bits per heavy atom. The standard InChI is InChI=1S/C21H28N2O5/c1-3-19(24)22-18(20(25)27-2)10-9-16-11-13-23(14-12-16)21(26)28-15-17-7-5-4-6-8-17/h3-8,16,18H,1,9-15H2,2H3,(H,22,24). The van der Waals surface area contributed by atoms with E-state index in [1.807, 2.05) is 30.3 Å². The summed E-state index contributed by atoms with van der Waals surface area (Å²) in [6.07, 6.45) is 3.77. The van der Waals surface area contributed by atoms with Crippen molar-refractivity contribution < 1.29 is 23.9 Å². The Kier molecular flexibility index (Phi) is 8.52. The Balaban J connectivity index is 1.73. The first-order valence-electron chi connectivity index (χ1n) is 9.50. The Morgan fingerprint density at radius 1 is 1.25 bits per heavy atom. The van der Waals surface area contributed by atoms with Crippen LogP contribution in [0, 0.1) is 5.92 Å². The minimum absolute atomic E-state index is 0.267. The van der Waals surface area contributed by atoms with E-state index in [0.29, 0.717) is 25.4 Å². The van der Waals surface area contributed by atoms with Crippen molar-refractivity contribution in [1.82, 2.24) is 10.2 Å². The number of ether oxygens (including phenoxy) is 2. The van der Waals surface area contributed by atoms with Gasteiger partial charge in [0.1, 0.15) is 12.6 Å². The average molecular weight is 388 g/mol. The third kappa shape index (κ3) is 6.72. The molecule has 1 aliphatic rings. The third-order valence-electron chi connectivity index (χ3n) is 4.93. The van der Waals surface area contributed by atoms with Crippen LogP contribution < -0.4 is 5.32 Å². The van der Waals surface area contributed by atoms with E-state index in [9.17, 15) is 14.4 Å². The van der Waals surface area contributed by atoms with E-state index in [0.717, 1.165) is 30.9 Å². The number of hydrogen-bond donors (Lipinski definition) is 1. The Morgan fingerprint density at radius 3 is 2.54 bits per heavy atom. The molecule has 1 unspecified atom stereocenters. The minimum Gasteiger partial charge on any atom is -0.467 e. The van der Waals surface area contributed by atoms with Gasteiger partial charge in [-0.3, -0.25) is 4.79 Å². The monoisotopic (exact) mass is 388 g/mol. The number of nitrogens with one attached hydrogen (secondary N) is 1. The molecule has 0 radical (unpaired) electrons. The highest BCUT2D eigenvalue weighted by Crippen LogP contribution is 2.23. The summed E-state index contributed by atoms with van der Waals surface area (Å²) in [5, 5.41) is 2.60. The fraction of sp³-hybridized carbons (Fsp3) is 0.476. The molecule has 1 aromatic carbocycles. The second kappa shape index (κ2) is 11.1. The summed E-state index contributed by atoms with van der Waals surface area (Å²) in [4.78, 5) is 37.2. The van der Waals surface area contributed by atoms with Crippen LogP contribution in [0.25, 0.3) is 0 Å². The number of rotatable bonds is 8. The summed E-state index contributed by atoms with van der Waals surface area (Å²) in [6, 6.07) is 8.90. The highest BCUT2D eigenvalue weighted by atomic mass is 16.6. The van der Waals surface area contributed by atoms with Crippen LogP contribution in [-0.4, -0.2) is 49.1 Å². The number of esters is 1. The van der Waals surface area contributed by atoms with Crippen molar-refractivity contribution >= 4 is 18.0 Å². The van der Waals surface area contributed by atoms with Gasteiger partial charge < -0.3 is 19.7 Å². The van der Waals surface area contributed by atoms with Crippen molar-refractivity contribution in [3.63, 3.8) is 0 Å². The molecule has 1 aromatic rings. The van der Waals surface area contributed by atoms with E-state index in [1.165, 1.54) is 7.11 Å². The summed E-state index contributed by atoms with van der Waals surface area (Å²) in [5.41, 5.74) is 0.959. The molecule has 1 fully saturated rings. The Hall–Kier alpha value is -2.83. The number of likely N-dealkylation sites (tertiary alicyclic amines) is 1. The second-order valence-electron chi connectivity index (χ2n) is 6.84. The number of nitrogens with zero attached hydrogens (tertiary/aromatic N) is 1. The lowest BCUT2D eigenvalue weighted by Gasteiger charge is -2.31. The van der Waals surface area contributed by atoms with Crippen LogP contribution in [0.5, 0.6) is 0 Å². The molecule has 2 rings (SSSR count). The first-order valence-corrected chi connectivity index (χ1v) is 9.50. The van der Waals surface area contributed by atoms with Crippen LogP contribution in [0.15, 0.2) is 43.0 Å². The maximum Gasteiger partial charge on any atom is 0.410 e. The van der Waals surface area contributed by atoms with Crippen molar-refractivity contribution in [2.45, 2.75) is 38.3 Å². The number of methoxy groups -OCH3 is 1. The van der Waals surface area contributed by atoms with Crippen LogP contribution in [-0.2, 0) is 25.7 Å². The molecule has 1 aliphatic heterocycles. The van der Waals surface area contributed by atoms with E-state index in [1.54, 1.807) is 4.90 Å². The average Bonchev–Trinajstić information content (AvgIpc) is 2.75. The first-order chi connectivity index (χ1) is 13.5. The van der Waals surface area contributed by atoms with Crippen molar-refractivity contribution in [1.29, 1.82) is 0 Å². The maximum absolute atomic E-state index is 12.2. The van der Waals surface area contributed by atoms with Crippen LogP contribution in [0.3, 0.4) is 0 Å². The maximum atomic E-state index is 12.2. The lowest BCUT2D eigenvalue weighted by molar-refractivity contribution is -0.144. The molecule has 152 valence electrons. The quantitative estimate of drug-likeness (QED) is 0.547. The highest BCUT2D eigenvalue weighted by Gasteiger charge is 2.26. The first kappa shape index (κ1) is 21.5. The van der Waals surface area contributed by atoms with Gasteiger partial charge in [-0.25, -0.2) is 9.59 Å². The smallest absolute Gasteiger partial charge is 0.410 e. The van der Waals surface area contributed by atoms with Crippen molar-refractivity contribution in [3.8, 4) is 0 Å². The van der Waals surface area contributed by atoms with Crippen LogP contribution in [0.1, 0.15) is 31.2 Å². The molecule has 0 bridgehead atoms. The van der Waals surface area contributed by atoms with E-state index in [2.05, 4.69) is 11.9 Å². The van der Waals surface area contributed by atoms with Crippen LogP contribution in [0.4, 0.5) is 4.79 Å². The van der Waals surface area contributed by atoms with Gasteiger partial charge in [0.25, 0.3) is 0 Å². The Bertz CT molecular complexity index is 669. The molecule has 7 heteroatoms. The molecule has 2 amide bonds. The molecule has 0 saturated carbocycles. The summed E-state index contributed by atoms with van der Waals surface area (Å²) >= 11 is 0. The molecule has 0 spiro atoms. The van der Waals surface area contributed by atoms with Gasteiger partial charge in [-0.05, 0) is 43.2 Å². The fourth-order valence-electron chi connectivity index (χ4n) is 3.24. The number of amides is 2. The number of hydrogen-bond acceptors (Lipinski definition) is 5. The van der Waals surface area contributed by atoms with Gasteiger partial charge in [0.2, 0.25) is 5.91 Å². The highest BCUT2D eigenvalue weighted by molar-refractivity contribution is 5.90. The Labute approximate surface area is 165 Å². The summed E-state index contributed by atoms with van der Waals surface area (Å²) < 4.78 is 10.1. The number of carbonyl (C=O) groups is 3. The summed E-state index contributed by atoms with van der Waals surface area (Å²) in [7, 11) is 1.30. The van der Waals surface area contributed by atoms with E-state index in [4.69, 9.17) is 9.47 Å². The SMILES string of the molecule is C=CC(=O)NC(CCC1CCN(C(=O)OCc2ccccc2)CC1)C(=O)OC. The predicted octanol–water partition coefficient (Wildman–Crippen LogP) is 2.66. The van der Waals surface area contributed by atoms with Gasteiger partial charge in [0.15, 0.2) is 0 Å². The minimum atomic E-state index is -0.677. The molecule has 1 atom stereocenters. The van der Waals surface area contributed by atoms with Gasteiger partial charge in [-0.15, -0.1) is 0 Å². The summed E-state index contributed by atoms with van der Waals surface area (Å²) in [6.45, 7) is 4.91. The molecular weight excluding hydrogens is 360 g/mol. The molecule has 1 saturated heterocycles. The molecule has 7 nitrogen and oxygen atoms in total. The number of benzene rings is 1. The fourth-order valence-corrected chi connectivity index (χ4v) is 3.24. The van der Waals surface area contributed by atoms with Gasteiger partial charge >= 0.3 is 12.1 Å². The molecule has 1 heterocycles. The largest absolute Gasteiger partial charge is 0.467 e. The van der Waals surface area contributed by atoms with Gasteiger partial charge in [0, 0.05) is 13.1 Å². The predicted molar refractivity (Wildman–Crippen MR) is 104 cm³/mol. The number of piperidine rings is 1. The zero-order chi connectivity index (χ0) is 20.4. The van der Waals surface area contributed by atoms with E-state index < -0.39 is 17.9 Å². The molecule has 28 heavy (non-hydrogen) atoms. The van der Waals surface area contributed by atoms with Gasteiger partial charge in [0.05, 0.1) is 7.11 Å². The number of carbonyl (C=O) groups excluding carboxylic acids is 3. The third-order valence-corrected chi connectivity index (χ3v) is 4.93. The zero-order valence-corrected chi connectivity index (χ0v) is 16.3. The van der Waals surface area contributed by atoms with Crippen molar-refractivity contribution in [3.05, 3.63) is 48.6 Å². The normalized spacial score (nSPS) is 15.4. The van der Waals surface area contributed by atoms with Crippen molar-refractivity contribution in [2.75, 3.05) is 20.2 Å². The molecule has 0 aromatic heterocycles. The molecule has 1 N–H and O–H groups in total. The van der Waals surface area contributed by atoms with Crippen LogP contribution >= 0.6 is 0 Å². The summed E-state index contributed by atoms with van der Waals surface area (Å²) in [5.74, 6) is -0.477. The topological polar surface area (TPSA) is 84.9 Å². The molecular formula is C21H28N2O5. The van der Waals surface area contributed by atoms with Gasteiger partial charge in [-0.2, -0.15) is 0 Å². The lowest BCUT2D eigenvalue weighted by atomic mass is 9.90. The van der Waals surface area contributed by atoms with Gasteiger partial charge in [-0.1, -0.05) is 36.9 Å².